The van der Waals surface area contributed by atoms with Gasteiger partial charge >= 0.3 is 0 Å². The maximum Gasteiger partial charge on any atom is 0.226 e. The molecule has 0 aromatic heterocycles. The summed E-state index contributed by atoms with van der Waals surface area (Å²) in [5, 5.41) is 0. The van der Waals surface area contributed by atoms with Crippen LogP contribution in [0.2, 0.25) is 0 Å². The number of halogens is 1. The predicted octanol–water partition coefficient (Wildman–Crippen LogP) is 2.88. The number of nitrogen functional groups attached to an aromatic ring is 1. The van der Waals surface area contributed by atoms with Gasteiger partial charge < -0.3 is 10.6 Å². The van der Waals surface area contributed by atoms with Crippen LogP contribution < -0.4 is 5.73 Å². The van der Waals surface area contributed by atoms with Crippen molar-refractivity contribution in [1.82, 2.24) is 4.90 Å². The molecule has 1 unspecified atom stereocenters. The second kappa shape index (κ2) is 7.39. The van der Waals surface area contributed by atoms with Crippen molar-refractivity contribution in [2.24, 2.45) is 5.92 Å². The van der Waals surface area contributed by atoms with Crippen LogP contribution in [0.15, 0.2) is 24.3 Å². The Bertz CT molecular complexity index is 405. The highest BCUT2D eigenvalue weighted by atomic mass is 35.5. The molecule has 1 aliphatic heterocycles. The van der Waals surface area contributed by atoms with E-state index in [0.29, 0.717) is 12.3 Å². The molecule has 0 bridgehead atoms. The highest BCUT2D eigenvalue weighted by molar-refractivity contribution is 5.85. The van der Waals surface area contributed by atoms with Gasteiger partial charge in [0.05, 0.1) is 6.42 Å². The highest BCUT2D eigenvalue weighted by Crippen LogP contribution is 2.20. The molecule has 0 radical (unpaired) electrons. The number of piperidine rings is 1. The molecule has 0 aliphatic carbocycles. The van der Waals surface area contributed by atoms with Crippen LogP contribution >= 0.6 is 12.4 Å². The van der Waals surface area contributed by atoms with Gasteiger partial charge in [0.1, 0.15) is 0 Å². The predicted molar refractivity (Wildman–Crippen MR) is 81.4 cm³/mol. The van der Waals surface area contributed by atoms with E-state index >= 15 is 0 Å². The van der Waals surface area contributed by atoms with Crippen molar-refractivity contribution in [2.75, 3.05) is 18.8 Å². The summed E-state index contributed by atoms with van der Waals surface area (Å²) in [6.45, 7) is 4.06. The normalized spacial score (nSPS) is 18.8. The van der Waals surface area contributed by atoms with Crippen LogP contribution in [0.3, 0.4) is 0 Å². The Hall–Kier alpha value is -1.22. The van der Waals surface area contributed by atoms with Gasteiger partial charge in [-0.25, -0.2) is 0 Å². The molecule has 0 spiro atoms. The van der Waals surface area contributed by atoms with E-state index in [0.717, 1.165) is 30.8 Å². The van der Waals surface area contributed by atoms with E-state index in [9.17, 15) is 4.79 Å². The average Bonchev–Trinajstić information content (AvgIpc) is 2.41. The molecule has 1 saturated heterocycles. The number of rotatable bonds is 3. The number of amides is 1. The van der Waals surface area contributed by atoms with E-state index in [1.54, 1.807) is 0 Å². The lowest BCUT2D eigenvalue weighted by Crippen LogP contribution is -2.40. The summed E-state index contributed by atoms with van der Waals surface area (Å²) in [5.74, 6) is 0.937. The standard InChI is InChI=1S/C15H22N2O.ClH/c1-2-12-4-3-9-17(11-12)15(18)10-13-5-7-14(16)8-6-13;/h5-8,12H,2-4,9-11,16H2,1H3;1H. The van der Waals surface area contributed by atoms with Crippen molar-refractivity contribution >= 4 is 24.0 Å². The summed E-state index contributed by atoms with van der Waals surface area (Å²) in [6, 6.07) is 7.59. The Morgan fingerprint density at radius 2 is 2.05 bits per heavy atom. The van der Waals surface area contributed by atoms with E-state index < -0.39 is 0 Å². The molecule has 1 aliphatic rings. The van der Waals surface area contributed by atoms with E-state index in [1.807, 2.05) is 29.2 Å². The quantitative estimate of drug-likeness (QED) is 0.867. The number of nitrogens with zero attached hydrogens (tertiary/aromatic N) is 1. The van der Waals surface area contributed by atoms with Crippen molar-refractivity contribution in [3.8, 4) is 0 Å². The Kier molecular flexibility index (Phi) is 6.16. The number of likely N-dealkylation sites (tertiary alicyclic amines) is 1. The molecule has 1 aromatic carbocycles. The zero-order valence-electron chi connectivity index (χ0n) is 11.5. The lowest BCUT2D eigenvalue weighted by molar-refractivity contribution is -0.132. The van der Waals surface area contributed by atoms with Crippen molar-refractivity contribution in [3.63, 3.8) is 0 Å². The maximum absolute atomic E-state index is 12.2. The highest BCUT2D eigenvalue weighted by Gasteiger charge is 2.22. The Morgan fingerprint density at radius 1 is 1.37 bits per heavy atom. The van der Waals surface area contributed by atoms with Crippen LogP contribution in [0.1, 0.15) is 31.7 Å². The fourth-order valence-electron chi connectivity index (χ4n) is 2.55. The summed E-state index contributed by atoms with van der Waals surface area (Å²) in [5.41, 5.74) is 7.44. The molecule has 1 aromatic rings. The summed E-state index contributed by atoms with van der Waals surface area (Å²) in [4.78, 5) is 14.2. The number of hydrogen-bond donors (Lipinski definition) is 1. The van der Waals surface area contributed by atoms with Crippen LogP contribution in [-0.4, -0.2) is 23.9 Å². The second-order valence-electron chi connectivity index (χ2n) is 5.17. The van der Waals surface area contributed by atoms with E-state index in [2.05, 4.69) is 6.92 Å². The SMILES string of the molecule is CCC1CCCN(C(=O)Cc2ccc(N)cc2)C1.Cl. The first-order chi connectivity index (χ1) is 8.69. The van der Waals surface area contributed by atoms with Crippen LogP contribution in [0.5, 0.6) is 0 Å². The number of carbonyl (C=O) groups excluding carboxylic acids is 1. The van der Waals surface area contributed by atoms with Crippen LogP contribution in [0.4, 0.5) is 5.69 Å². The first-order valence-corrected chi connectivity index (χ1v) is 6.81. The number of anilines is 1. The molecule has 2 N–H and O–H groups in total. The molecule has 4 heteroatoms. The van der Waals surface area contributed by atoms with Crippen molar-refractivity contribution in [2.45, 2.75) is 32.6 Å². The van der Waals surface area contributed by atoms with Crippen LogP contribution in [0, 0.1) is 5.92 Å². The van der Waals surface area contributed by atoms with Crippen molar-refractivity contribution < 1.29 is 4.79 Å². The zero-order chi connectivity index (χ0) is 13.0. The third-order valence-electron chi connectivity index (χ3n) is 3.78. The van der Waals surface area contributed by atoms with E-state index in [1.165, 1.54) is 12.8 Å². The van der Waals surface area contributed by atoms with Gasteiger partial charge in [0.25, 0.3) is 0 Å². The summed E-state index contributed by atoms with van der Waals surface area (Å²) in [6.07, 6.45) is 4.08. The fraction of sp³-hybridized carbons (Fsp3) is 0.533. The molecule has 106 valence electrons. The monoisotopic (exact) mass is 282 g/mol. The lowest BCUT2D eigenvalue weighted by atomic mass is 9.95. The molecule has 1 heterocycles. The smallest absolute Gasteiger partial charge is 0.226 e. The minimum Gasteiger partial charge on any atom is -0.399 e. The summed E-state index contributed by atoms with van der Waals surface area (Å²) < 4.78 is 0. The Labute approximate surface area is 121 Å². The van der Waals surface area contributed by atoms with E-state index in [4.69, 9.17) is 5.73 Å². The number of benzene rings is 1. The van der Waals surface area contributed by atoms with Gasteiger partial charge in [-0.1, -0.05) is 25.5 Å². The van der Waals surface area contributed by atoms with Gasteiger partial charge in [0.2, 0.25) is 5.91 Å². The molecule has 0 saturated carbocycles. The molecular weight excluding hydrogens is 260 g/mol. The van der Waals surface area contributed by atoms with Gasteiger partial charge in [0, 0.05) is 18.8 Å². The number of nitrogens with two attached hydrogens (primary N) is 1. The fourth-order valence-corrected chi connectivity index (χ4v) is 2.55. The van der Waals surface area contributed by atoms with Crippen molar-refractivity contribution in [3.05, 3.63) is 29.8 Å². The number of carbonyl (C=O) groups is 1. The van der Waals surface area contributed by atoms with Gasteiger partial charge in [-0.05, 0) is 36.5 Å². The Morgan fingerprint density at radius 3 is 2.68 bits per heavy atom. The van der Waals surface area contributed by atoms with Gasteiger partial charge in [0.15, 0.2) is 0 Å². The van der Waals surface area contributed by atoms with Crippen molar-refractivity contribution in [1.29, 1.82) is 0 Å². The lowest BCUT2D eigenvalue weighted by Gasteiger charge is -2.32. The third kappa shape index (κ3) is 4.43. The molecule has 2 rings (SSSR count). The molecule has 3 nitrogen and oxygen atoms in total. The molecular formula is C15H23ClN2O. The van der Waals surface area contributed by atoms with E-state index in [-0.39, 0.29) is 18.3 Å². The maximum atomic E-state index is 12.2. The summed E-state index contributed by atoms with van der Waals surface area (Å²) in [7, 11) is 0. The molecule has 1 fully saturated rings. The van der Waals surface area contributed by atoms with Crippen LogP contribution in [0.25, 0.3) is 0 Å². The molecule has 19 heavy (non-hydrogen) atoms. The Balaban J connectivity index is 0.00000180. The average molecular weight is 283 g/mol. The largest absolute Gasteiger partial charge is 0.399 e. The summed E-state index contributed by atoms with van der Waals surface area (Å²) >= 11 is 0. The first kappa shape index (κ1) is 15.8. The minimum absolute atomic E-state index is 0. The first-order valence-electron chi connectivity index (χ1n) is 6.81. The third-order valence-corrected chi connectivity index (χ3v) is 3.78. The van der Waals surface area contributed by atoms with Gasteiger partial charge in [-0.3, -0.25) is 4.79 Å². The van der Waals surface area contributed by atoms with Gasteiger partial charge in [-0.15, -0.1) is 12.4 Å². The minimum atomic E-state index is 0. The molecule has 1 amide bonds. The second-order valence-corrected chi connectivity index (χ2v) is 5.17. The van der Waals surface area contributed by atoms with Crippen LogP contribution in [-0.2, 0) is 11.2 Å². The topological polar surface area (TPSA) is 46.3 Å². The van der Waals surface area contributed by atoms with Gasteiger partial charge in [-0.2, -0.15) is 0 Å². The number of hydrogen-bond acceptors (Lipinski definition) is 2. The molecule has 1 atom stereocenters. The zero-order valence-corrected chi connectivity index (χ0v) is 12.3.